The molecule has 2 aromatic rings. The maximum atomic E-state index is 13.0. The molecule has 3 rings (SSSR count). The van der Waals surface area contributed by atoms with Gasteiger partial charge in [-0.05, 0) is 36.4 Å². The van der Waals surface area contributed by atoms with Crippen LogP contribution in [0.5, 0.6) is 11.5 Å². The molecule has 9 heteroatoms. The summed E-state index contributed by atoms with van der Waals surface area (Å²) in [6.45, 7) is -0.280. The number of esters is 1. The second-order valence-corrected chi connectivity index (χ2v) is 8.33. The van der Waals surface area contributed by atoms with E-state index in [0.717, 1.165) is 4.47 Å². The summed E-state index contributed by atoms with van der Waals surface area (Å²) in [7, 11) is 2.78. The van der Waals surface area contributed by atoms with E-state index < -0.39 is 5.97 Å². The molecule has 0 radical (unpaired) electrons. The van der Waals surface area contributed by atoms with Crippen LogP contribution in [0.4, 0.5) is 5.69 Å². The number of benzene rings is 2. The molecule has 1 fully saturated rings. The number of rotatable bonds is 6. The van der Waals surface area contributed by atoms with Gasteiger partial charge in [-0.15, -0.1) is 0 Å². The van der Waals surface area contributed by atoms with Crippen molar-refractivity contribution in [2.24, 2.45) is 0 Å². The molecule has 6 nitrogen and oxygen atoms in total. The molecule has 1 saturated heterocycles. The summed E-state index contributed by atoms with van der Waals surface area (Å²) < 4.78 is 16.9. The van der Waals surface area contributed by atoms with Crippen LogP contribution >= 0.6 is 39.9 Å². The number of amides is 1. The van der Waals surface area contributed by atoms with E-state index in [4.69, 9.17) is 21.7 Å². The Morgan fingerprint density at radius 2 is 1.93 bits per heavy atom. The first-order valence-electron chi connectivity index (χ1n) is 8.34. The van der Waals surface area contributed by atoms with Gasteiger partial charge in [-0.25, -0.2) is 4.79 Å². The fourth-order valence-corrected chi connectivity index (χ4v) is 4.13. The summed E-state index contributed by atoms with van der Waals surface area (Å²) in [6.07, 6.45) is 1.67. The van der Waals surface area contributed by atoms with Crippen molar-refractivity contribution in [1.82, 2.24) is 0 Å². The molecule has 0 aromatic heterocycles. The summed E-state index contributed by atoms with van der Waals surface area (Å²) >= 11 is 9.98. The van der Waals surface area contributed by atoms with Crippen LogP contribution in [0, 0.1) is 0 Å². The largest absolute Gasteiger partial charge is 0.493 e. The lowest BCUT2D eigenvalue weighted by molar-refractivity contribution is -0.142. The fourth-order valence-electron chi connectivity index (χ4n) is 2.57. The summed E-state index contributed by atoms with van der Waals surface area (Å²) in [5.41, 5.74) is 1.27. The Balaban J connectivity index is 1.93. The van der Waals surface area contributed by atoms with Gasteiger partial charge >= 0.3 is 5.97 Å². The summed E-state index contributed by atoms with van der Waals surface area (Å²) in [5, 5.41) is 0. The zero-order valence-corrected chi connectivity index (χ0v) is 18.7. The monoisotopic (exact) mass is 493 g/mol. The van der Waals surface area contributed by atoms with Gasteiger partial charge in [-0.2, -0.15) is 0 Å². The zero-order valence-electron chi connectivity index (χ0n) is 15.5. The SMILES string of the molecule is COC(=O)COc1c(/C=C2/SC(=S)N(c3ccc(Br)cc3)C2=O)cccc1OC. The molecular formula is C20H16BrNO5S2. The highest BCUT2D eigenvalue weighted by Gasteiger charge is 2.33. The van der Waals surface area contributed by atoms with Crippen LogP contribution in [0.3, 0.4) is 0 Å². The van der Waals surface area contributed by atoms with Crippen molar-refractivity contribution in [3.63, 3.8) is 0 Å². The Morgan fingerprint density at radius 3 is 2.59 bits per heavy atom. The maximum absolute atomic E-state index is 13.0. The third kappa shape index (κ3) is 4.80. The lowest BCUT2D eigenvalue weighted by Gasteiger charge is -2.14. The Hall–Kier alpha value is -2.36. The van der Waals surface area contributed by atoms with Crippen molar-refractivity contribution in [2.75, 3.05) is 25.7 Å². The van der Waals surface area contributed by atoms with Gasteiger partial charge in [0.15, 0.2) is 22.4 Å². The number of thiocarbonyl (C=S) groups is 1. The van der Waals surface area contributed by atoms with Gasteiger partial charge in [-0.3, -0.25) is 9.69 Å². The van der Waals surface area contributed by atoms with E-state index in [9.17, 15) is 9.59 Å². The minimum Gasteiger partial charge on any atom is -0.493 e. The molecule has 0 aliphatic carbocycles. The second kappa shape index (κ2) is 9.43. The van der Waals surface area contributed by atoms with Crippen molar-refractivity contribution in [2.45, 2.75) is 0 Å². The van der Waals surface area contributed by atoms with Crippen LogP contribution < -0.4 is 14.4 Å². The van der Waals surface area contributed by atoms with Gasteiger partial charge in [0.05, 0.1) is 24.8 Å². The molecule has 1 heterocycles. The summed E-state index contributed by atoms with van der Waals surface area (Å²) in [6, 6.07) is 12.6. The third-order valence-corrected chi connectivity index (χ3v) is 5.79. The van der Waals surface area contributed by atoms with E-state index in [1.165, 1.54) is 30.9 Å². The van der Waals surface area contributed by atoms with E-state index in [1.807, 2.05) is 24.3 Å². The predicted molar refractivity (Wildman–Crippen MR) is 120 cm³/mol. The van der Waals surface area contributed by atoms with Crippen LogP contribution in [0.25, 0.3) is 6.08 Å². The number of carbonyl (C=O) groups is 2. The number of carbonyl (C=O) groups excluding carboxylic acids is 2. The van der Waals surface area contributed by atoms with E-state index in [1.54, 1.807) is 24.3 Å². The molecule has 1 aliphatic heterocycles. The highest BCUT2D eigenvalue weighted by atomic mass is 79.9. The minimum atomic E-state index is -0.525. The predicted octanol–water partition coefficient (Wildman–Crippen LogP) is 4.42. The fraction of sp³-hybridized carbons (Fsp3) is 0.150. The normalized spacial score (nSPS) is 15.0. The second-order valence-electron chi connectivity index (χ2n) is 5.74. The van der Waals surface area contributed by atoms with Crippen LogP contribution in [-0.4, -0.2) is 37.0 Å². The molecule has 29 heavy (non-hydrogen) atoms. The number of hydrogen-bond donors (Lipinski definition) is 0. The number of halogens is 1. The third-order valence-electron chi connectivity index (χ3n) is 3.96. The highest BCUT2D eigenvalue weighted by molar-refractivity contribution is 9.10. The Morgan fingerprint density at radius 1 is 1.21 bits per heavy atom. The first kappa shape index (κ1) is 21.4. The summed E-state index contributed by atoms with van der Waals surface area (Å²) in [4.78, 5) is 26.4. The van der Waals surface area contributed by atoms with E-state index in [0.29, 0.717) is 32.0 Å². The Labute approximate surface area is 185 Å². The standard InChI is InChI=1S/C20H16BrNO5S2/c1-25-15-5-3-4-12(18(15)27-11-17(23)26-2)10-16-19(24)22(20(28)29-16)14-8-6-13(21)7-9-14/h3-10H,11H2,1-2H3/b16-10+. The molecule has 0 unspecified atom stereocenters. The van der Waals surface area contributed by atoms with Crippen LogP contribution in [-0.2, 0) is 14.3 Å². The number of para-hydroxylation sites is 1. The number of thioether (sulfide) groups is 1. The molecule has 0 spiro atoms. The first-order valence-corrected chi connectivity index (χ1v) is 10.4. The lowest BCUT2D eigenvalue weighted by atomic mass is 10.1. The van der Waals surface area contributed by atoms with E-state index in [2.05, 4.69) is 20.7 Å². The van der Waals surface area contributed by atoms with Crippen molar-refractivity contribution < 1.29 is 23.8 Å². The molecule has 0 saturated carbocycles. The topological polar surface area (TPSA) is 65.1 Å². The van der Waals surface area contributed by atoms with E-state index in [-0.39, 0.29) is 12.5 Å². The minimum absolute atomic E-state index is 0.232. The highest BCUT2D eigenvalue weighted by Crippen LogP contribution is 2.39. The molecule has 0 atom stereocenters. The average Bonchev–Trinajstić information content (AvgIpc) is 3.00. The van der Waals surface area contributed by atoms with Crippen molar-refractivity contribution in [3.8, 4) is 11.5 Å². The van der Waals surface area contributed by atoms with Crippen LogP contribution in [0.1, 0.15) is 5.56 Å². The number of anilines is 1. The molecule has 1 aliphatic rings. The number of methoxy groups -OCH3 is 2. The Bertz CT molecular complexity index is 991. The van der Waals surface area contributed by atoms with E-state index >= 15 is 0 Å². The van der Waals surface area contributed by atoms with Crippen LogP contribution in [0.2, 0.25) is 0 Å². The quantitative estimate of drug-likeness (QED) is 0.335. The number of nitrogens with zero attached hydrogens (tertiary/aromatic N) is 1. The van der Waals surface area contributed by atoms with Gasteiger partial charge in [0.25, 0.3) is 5.91 Å². The molecule has 150 valence electrons. The molecule has 0 bridgehead atoms. The number of hydrogen-bond acceptors (Lipinski definition) is 7. The van der Waals surface area contributed by atoms with Gasteiger partial charge in [0, 0.05) is 10.0 Å². The van der Waals surface area contributed by atoms with Gasteiger partial charge in [-0.1, -0.05) is 52.0 Å². The average molecular weight is 494 g/mol. The number of ether oxygens (including phenoxy) is 3. The van der Waals surface area contributed by atoms with Crippen LogP contribution in [0.15, 0.2) is 51.8 Å². The summed E-state index contributed by atoms with van der Waals surface area (Å²) in [5.74, 6) is 0.0211. The van der Waals surface area contributed by atoms with Gasteiger partial charge in [0.1, 0.15) is 0 Å². The smallest absolute Gasteiger partial charge is 0.343 e. The van der Waals surface area contributed by atoms with Crippen molar-refractivity contribution >= 4 is 67.9 Å². The zero-order chi connectivity index (χ0) is 21.0. The van der Waals surface area contributed by atoms with Gasteiger partial charge < -0.3 is 14.2 Å². The Kier molecular flexibility index (Phi) is 6.94. The maximum Gasteiger partial charge on any atom is 0.343 e. The van der Waals surface area contributed by atoms with Crippen molar-refractivity contribution in [1.29, 1.82) is 0 Å². The molecule has 2 aromatic carbocycles. The molecular weight excluding hydrogens is 478 g/mol. The van der Waals surface area contributed by atoms with Crippen molar-refractivity contribution in [3.05, 3.63) is 57.4 Å². The van der Waals surface area contributed by atoms with Gasteiger partial charge in [0.2, 0.25) is 0 Å². The first-order chi connectivity index (χ1) is 13.9. The lowest BCUT2D eigenvalue weighted by Crippen LogP contribution is -2.27. The molecule has 0 N–H and O–H groups in total. The molecule has 1 amide bonds.